The second kappa shape index (κ2) is 12.2. The Morgan fingerprint density at radius 1 is 1.25 bits per heavy atom. The molecule has 28 heavy (non-hydrogen) atoms. The zero-order valence-electron chi connectivity index (χ0n) is 16.9. The van der Waals surface area contributed by atoms with Crippen molar-refractivity contribution in [3.8, 4) is 0 Å². The van der Waals surface area contributed by atoms with Crippen molar-refractivity contribution in [3.63, 3.8) is 0 Å². The van der Waals surface area contributed by atoms with Crippen molar-refractivity contribution in [2.24, 2.45) is 10.4 Å². The topological polar surface area (TPSA) is 74.8 Å². The molecule has 0 radical (unpaired) electrons. The molecule has 3 N–H and O–H groups in total. The molecule has 1 amide bonds. The standard InChI is InChI=1S/C20H31FN4O2.HI/c1-15-5-6-16(13-17(15)21)18(26)23-10-11-24-19(22-2)25-14-20(7-4-8-20)9-12-27-3;/h5-6,13H,4,7-12,14H2,1-3H3,(H,23,26)(H2,22,24,25);1H. The van der Waals surface area contributed by atoms with Crippen molar-refractivity contribution in [1.82, 2.24) is 16.0 Å². The molecule has 8 heteroatoms. The lowest BCUT2D eigenvalue weighted by Crippen LogP contribution is -2.48. The van der Waals surface area contributed by atoms with Crippen LogP contribution in [0.25, 0.3) is 0 Å². The normalized spacial score (nSPS) is 15.2. The highest BCUT2D eigenvalue weighted by Gasteiger charge is 2.36. The maximum Gasteiger partial charge on any atom is 0.251 e. The summed E-state index contributed by atoms with van der Waals surface area (Å²) in [5.74, 6) is 0.0599. The Hall–Kier alpha value is -1.42. The number of amides is 1. The van der Waals surface area contributed by atoms with Crippen LogP contribution in [0.2, 0.25) is 0 Å². The number of carbonyl (C=O) groups excluding carboxylic acids is 1. The summed E-state index contributed by atoms with van der Waals surface area (Å²) in [6, 6.07) is 4.49. The lowest BCUT2D eigenvalue weighted by molar-refractivity contribution is 0.0732. The Morgan fingerprint density at radius 3 is 2.54 bits per heavy atom. The van der Waals surface area contributed by atoms with Crippen molar-refractivity contribution >= 4 is 35.8 Å². The highest BCUT2D eigenvalue weighted by Crippen LogP contribution is 2.43. The summed E-state index contributed by atoms with van der Waals surface area (Å²) in [4.78, 5) is 16.3. The van der Waals surface area contributed by atoms with Gasteiger partial charge in [-0.05, 0) is 49.3 Å². The minimum Gasteiger partial charge on any atom is -0.385 e. The third kappa shape index (κ3) is 7.20. The van der Waals surface area contributed by atoms with Crippen LogP contribution in [-0.4, -0.2) is 52.3 Å². The number of nitrogens with one attached hydrogen (secondary N) is 3. The molecule has 0 heterocycles. The molecule has 1 saturated carbocycles. The number of hydrogen-bond acceptors (Lipinski definition) is 3. The van der Waals surface area contributed by atoms with E-state index in [1.54, 1.807) is 33.2 Å². The predicted octanol–water partition coefficient (Wildman–Crippen LogP) is 2.85. The minimum absolute atomic E-state index is 0. The third-order valence-corrected chi connectivity index (χ3v) is 5.24. The summed E-state index contributed by atoms with van der Waals surface area (Å²) in [6.45, 7) is 4.27. The van der Waals surface area contributed by atoms with E-state index >= 15 is 0 Å². The minimum atomic E-state index is -0.372. The molecule has 1 aliphatic rings. The number of rotatable bonds is 9. The number of nitrogens with zero attached hydrogens (tertiary/aromatic N) is 1. The van der Waals surface area contributed by atoms with Crippen molar-refractivity contribution in [2.45, 2.75) is 32.6 Å². The van der Waals surface area contributed by atoms with Gasteiger partial charge < -0.3 is 20.7 Å². The molecule has 6 nitrogen and oxygen atoms in total. The average molecular weight is 506 g/mol. The van der Waals surface area contributed by atoms with E-state index in [2.05, 4.69) is 20.9 Å². The fourth-order valence-corrected chi connectivity index (χ4v) is 3.20. The molecule has 0 unspecified atom stereocenters. The van der Waals surface area contributed by atoms with E-state index in [4.69, 9.17) is 4.74 Å². The largest absolute Gasteiger partial charge is 0.385 e. The van der Waals surface area contributed by atoms with Gasteiger partial charge in [0.2, 0.25) is 0 Å². The zero-order chi connectivity index (χ0) is 19.7. The van der Waals surface area contributed by atoms with Gasteiger partial charge in [-0.1, -0.05) is 12.5 Å². The Morgan fingerprint density at radius 2 is 1.96 bits per heavy atom. The summed E-state index contributed by atoms with van der Waals surface area (Å²) >= 11 is 0. The molecule has 0 spiro atoms. The van der Waals surface area contributed by atoms with E-state index in [0.29, 0.717) is 35.6 Å². The molecule has 0 aliphatic heterocycles. The molecule has 1 aromatic carbocycles. The molecule has 1 fully saturated rings. The summed E-state index contributed by atoms with van der Waals surface area (Å²) in [7, 11) is 3.46. The zero-order valence-corrected chi connectivity index (χ0v) is 19.3. The van der Waals surface area contributed by atoms with Crippen LogP contribution in [0.3, 0.4) is 0 Å². The summed E-state index contributed by atoms with van der Waals surface area (Å²) in [6.07, 6.45) is 4.74. The van der Waals surface area contributed by atoms with Crippen LogP contribution in [0, 0.1) is 18.2 Å². The fourth-order valence-electron chi connectivity index (χ4n) is 3.20. The Bertz CT molecular complexity index is 666. The van der Waals surface area contributed by atoms with Gasteiger partial charge in [-0.25, -0.2) is 4.39 Å². The molecule has 0 bridgehead atoms. The lowest BCUT2D eigenvalue weighted by Gasteiger charge is -2.42. The van der Waals surface area contributed by atoms with E-state index in [1.807, 2.05) is 0 Å². The van der Waals surface area contributed by atoms with Crippen molar-refractivity contribution < 1.29 is 13.9 Å². The van der Waals surface area contributed by atoms with Crippen LogP contribution in [0.15, 0.2) is 23.2 Å². The Kier molecular flexibility index (Phi) is 10.7. The summed E-state index contributed by atoms with van der Waals surface area (Å²) < 4.78 is 18.8. The maximum absolute atomic E-state index is 13.5. The SMILES string of the molecule is CN=C(NCCNC(=O)c1ccc(C)c(F)c1)NCC1(CCOC)CCC1.I. The summed E-state index contributed by atoms with van der Waals surface area (Å²) in [5.41, 5.74) is 1.15. The molecule has 158 valence electrons. The van der Waals surface area contributed by atoms with Gasteiger partial charge in [0, 0.05) is 46.0 Å². The molecular weight excluding hydrogens is 474 g/mol. The van der Waals surface area contributed by atoms with Crippen molar-refractivity contribution in [2.75, 3.05) is 40.4 Å². The van der Waals surface area contributed by atoms with Crippen LogP contribution in [0.1, 0.15) is 41.6 Å². The van der Waals surface area contributed by atoms with Crippen LogP contribution in [0.4, 0.5) is 4.39 Å². The number of halogens is 2. The van der Waals surface area contributed by atoms with Crippen molar-refractivity contribution in [1.29, 1.82) is 0 Å². The molecule has 2 rings (SSSR count). The van der Waals surface area contributed by atoms with Gasteiger partial charge in [-0.15, -0.1) is 24.0 Å². The molecule has 1 aliphatic carbocycles. The van der Waals surface area contributed by atoms with Crippen molar-refractivity contribution in [3.05, 3.63) is 35.1 Å². The van der Waals surface area contributed by atoms with Gasteiger partial charge in [-0.2, -0.15) is 0 Å². The monoisotopic (exact) mass is 506 g/mol. The number of ether oxygens (including phenoxy) is 1. The molecule has 0 atom stereocenters. The maximum atomic E-state index is 13.5. The van der Waals surface area contributed by atoms with Gasteiger partial charge in [0.05, 0.1) is 0 Å². The molecular formula is C20H32FIN4O2. The number of hydrogen-bond donors (Lipinski definition) is 3. The number of carbonyl (C=O) groups is 1. The van der Waals surface area contributed by atoms with Gasteiger partial charge in [0.15, 0.2) is 5.96 Å². The first-order valence-electron chi connectivity index (χ1n) is 9.47. The quantitative estimate of drug-likeness (QED) is 0.209. The van der Waals surface area contributed by atoms with Gasteiger partial charge >= 0.3 is 0 Å². The van der Waals surface area contributed by atoms with Gasteiger partial charge in [0.1, 0.15) is 5.82 Å². The number of methoxy groups -OCH3 is 1. The Balaban J connectivity index is 0.00000392. The Labute approximate surface area is 184 Å². The van der Waals surface area contributed by atoms with E-state index in [-0.39, 0.29) is 35.7 Å². The predicted molar refractivity (Wildman–Crippen MR) is 121 cm³/mol. The van der Waals surface area contributed by atoms with E-state index in [1.165, 1.54) is 25.3 Å². The van der Waals surface area contributed by atoms with Gasteiger partial charge in [0.25, 0.3) is 5.91 Å². The first-order chi connectivity index (χ1) is 13.0. The highest BCUT2D eigenvalue weighted by atomic mass is 127. The first kappa shape index (κ1) is 24.6. The van der Waals surface area contributed by atoms with E-state index in [9.17, 15) is 9.18 Å². The smallest absolute Gasteiger partial charge is 0.251 e. The summed E-state index contributed by atoms with van der Waals surface area (Å²) in [5, 5.41) is 9.35. The van der Waals surface area contributed by atoms with Crippen LogP contribution >= 0.6 is 24.0 Å². The van der Waals surface area contributed by atoms with Crippen LogP contribution in [0.5, 0.6) is 0 Å². The highest BCUT2D eigenvalue weighted by molar-refractivity contribution is 14.0. The number of guanidine groups is 1. The molecule has 0 saturated heterocycles. The van der Waals surface area contributed by atoms with E-state index in [0.717, 1.165) is 19.6 Å². The average Bonchev–Trinajstić information content (AvgIpc) is 2.64. The van der Waals surface area contributed by atoms with E-state index < -0.39 is 0 Å². The number of benzene rings is 1. The number of aliphatic imine (C=N–C) groups is 1. The van der Waals surface area contributed by atoms with Gasteiger partial charge in [-0.3, -0.25) is 9.79 Å². The number of aryl methyl sites for hydroxylation is 1. The lowest BCUT2D eigenvalue weighted by atomic mass is 9.67. The third-order valence-electron chi connectivity index (χ3n) is 5.24. The first-order valence-corrected chi connectivity index (χ1v) is 9.47. The molecule has 0 aromatic heterocycles. The van der Waals surface area contributed by atoms with Crippen LogP contribution < -0.4 is 16.0 Å². The second-order valence-corrected chi connectivity index (χ2v) is 7.17. The van der Waals surface area contributed by atoms with Crippen LogP contribution in [-0.2, 0) is 4.74 Å². The molecule has 1 aromatic rings. The fraction of sp³-hybridized carbons (Fsp3) is 0.600. The second-order valence-electron chi connectivity index (χ2n) is 7.17.